The largest absolute Gasteiger partial charge is 0.490 e. The van der Waals surface area contributed by atoms with E-state index in [1.165, 1.54) is 0 Å². The highest BCUT2D eigenvalue weighted by molar-refractivity contribution is 5.87. The maximum atomic E-state index is 11.7. The number of nitrogens with two attached hydrogens (primary N) is 1. The molecule has 0 aliphatic rings. The number of amides is 2. The Labute approximate surface area is 123 Å². The molecule has 0 spiro atoms. The molecule has 0 aliphatic heterocycles. The monoisotopic (exact) mass is 290 g/mol. The van der Waals surface area contributed by atoms with Crippen molar-refractivity contribution in [1.29, 1.82) is 0 Å². The maximum Gasteiger partial charge on any atom is 0.258 e. The Morgan fingerprint density at radius 3 is 2.48 bits per heavy atom. The third-order valence-electron chi connectivity index (χ3n) is 2.51. The molecule has 2 amide bonds. The minimum atomic E-state index is -0.895. The predicted molar refractivity (Wildman–Crippen MR) is 77.7 cm³/mol. The van der Waals surface area contributed by atoms with Crippen molar-refractivity contribution in [2.75, 3.05) is 13.2 Å². The van der Waals surface area contributed by atoms with E-state index < -0.39 is 17.9 Å². The second kappa shape index (κ2) is 8.48. The van der Waals surface area contributed by atoms with Crippen LogP contribution in [0.5, 0.6) is 11.5 Å². The van der Waals surface area contributed by atoms with Crippen LogP contribution in [0.1, 0.15) is 13.3 Å². The van der Waals surface area contributed by atoms with Gasteiger partial charge in [-0.3, -0.25) is 9.59 Å². The normalized spacial score (nSPS) is 11.0. The van der Waals surface area contributed by atoms with Crippen LogP contribution < -0.4 is 20.5 Å². The SMILES string of the molecule is C#CC[C@H](NC(=O)COc1ccccc1OCC)C(N)=O. The molecule has 0 saturated heterocycles. The topological polar surface area (TPSA) is 90.7 Å². The van der Waals surface area contributed by atoms with E-state index >= 15 is 0 Å². The summed E-state index contributed by atoms with van der Waals surface area (Å²) in [6, 6.07) is 6.09. The first kappa shape index (κ1) is 16.4. The third-order valence-corrected chi connectivity index (χ3v) is 2.51. The van der Waals surface area contributed by atoms with Crippen molar-refractivity contribution >= 4 is 11.8 Å². The number of ether oxygens (including phenoxy) is 2. The summed E-state index contributed by atoms with van der Waals surface area (Å²) in [5.41, 5.74) is 5.13. The molecule has 1 aromatic rings. The van der Waals surface area contributed by atoms with Crippen LogP contribution in [0, 0.1) is 12.3 Å². The van der Waals surface area contributed by atoms with Crippen LogP contribution in [0.4, 0.5) is 0 Å². The van der Waals surface area contributed by atoms with Gasteiger partial charge in [0.05, 0.1) is 6.61 Å². The second-order valence-electron chi connectivity index (χ2n) is 4.10. The molecule has 3 N–H and O–H groups in total. The van der Waals surface area contributed by atoms with Crippen LogP contribution >= 0.6 is 0 Å². The number of primary amides is 1. The van der Waals surface area contributed by atoms with Crippen molar-refractivity contribution in [3.63, 3.8) is 0 Å². The number of carbonyl (C=O) groups excluding carboxylic acids is 2. The van der Waals surface area contributed by atoms with E-state index in [0.717, 1.165) is 0 Å². The van der Waals surface area contributed by atoms with Crippen LogP contribution in [0.2, 0.25) is 0 Å². The average Bonchev–Trinajstić information content (AvgIpc) is 2.46. The molecule has 0 fully saturated rings. The number of terminal acetylenes is 1. The van der Waals surface area contributed by atoms with Gasteiger partial charge in [-0.1, -0.05) is 12.1 Å². The highest BCUT2D eigenvalue weighted by Crippen LogP contribution is 2.26. The van der Waals surface area contributed by atoms with Crippen molar-refractivity contribution in [3.05, 3.63) is 24.3 Å². The molecule has 1 rings (SSSR count). The van der Waals surface area contributed by atoms with Gasteiger partial charge >= 0.3 is 0 Å². The van der Waals surface area contributed by atoms with Gasteiger partial charge in [0, 0.05) is 6.42 Å². The molecule has 0 heterocycles. The molecule has 1 aromatic carbocycles. The summed E-state index contributed by atoms with van der Waals surface area (Å²) in [4.78, 5) is 22.8. The maximum absolute atomic E-state index is 11.7. The van der Waals surface area contributed by atoms with E-state index in [4.69, 9.17) is 21.6 Å². The van der Waals surface area contributed by atoms with E-state index in [-0.39, 0.29) is 13.0 Å². The zero-order valence-electron chi connectivity index (χ0n) is 11.8. The van der Waals surface area contributed by atoms with Crippen LogP contribution in [-0.2, 0) is 9.59 Å². The minimum Gasteiger partial charge on any atom is -0.490 e. The quantitative estimate of drug-likeness (QED) is 0.680. The first-order valence-corrected chi connectivity index (χ1v) is 6.45. The Kier molecular flexibility index (Phi) is 6.61. The lowest BCUT2D eigenvalue weighted by atomic mass is 10.2. The lowest BCUT2D eigenvalue weighted by Crippen LogP contribution is -2.45. The van der Waals surface area contributed by atoms with Crippen molar-refractivity contribution in [2.24, 2.45) is 5.73 Å². The predicted octanol–water partition coefficient (Wildman–Crippen LogP) is 0.457. The lowest BCUT2D eigenvalue weighted by Gasteiger charge is -2.14. The number of hydrogen-bond donors (Lipinski definition) is 2. The molecule has 0 bridgehead atoms. The summed E-state index contributed by atoms with van der Waals surface area (Å²) in [7, 11) is 0. The number of carbonyl (C=O) groups is 2. The molecule has 0 saturated carbocycles. The highest BCUT2D eigenvalue weighted by atomic mass is 16.5. The number of hydrogen-bond acceptors (Lipinski definition) is 4. The van der Waals surface area contributed by atoms with E-state index in [1.54, 1.807) is 24.3 Å². The standard InChI is InChI=1S/C15H18N2O4/c1-3-7-11(15(16)19)17-14(18)10-21-13-9-6-5-8-12(13)20-4-2/h1,5-6,8-9,11H,4,7,10H2,2H3,(H2,16,19)(H,17,18)/t11-/m0/s1. The Balaban J connectivity index is 2.57. The summed E-state index contributed by atoms with van der Waals surface area (Å²) < 4.78 is 10.7. The smallest absolute Gasteiger partial charge is 0.258 e. The van der Waals surface area contributed by atoms with Gasteiger partial charge in [-0.15, -0.1) is 12.3 Å². The summed E-state index contributed by atoms with van der Waals surface area (Å²) >= 11 is 0. The lowest BCUT2D eigenvalue weighted by molar-refractivity contribution is -0.128. The molecule has 0 aromatic heterocycles. The summed E-state index contributed by atoms with van der Waals surface area (Å²) in [6.07, 6.45) is 5.14. The molecule has 21 heavy (non-hydrogen) atoms. The average molecular weight is 290 g/mol. The number of benzene rings is 1. The zero-order chi connectivity index (χ0) is 15.7. The van der Waals surface area contributed by atoms with Gasteiger partial charge in [0.1, 0.15) is 6.04 Å². The molecule has 112 valence electrons. The minimum absolute atomic E-state index is 0.0383. The number of rotatable bonds is 8. The number of para-hydroxylation sites is 2. The fourth-order valence-corrected chi connectivity index (χ4v) is 1.56. The van der Waals surface area contributed by atoms with Gasteiger partial charge in [0.2, 0.25) is 5.91 Å². The van der Waals surface area contributed by atoms with E-state index in [0.29, 0.717) is 18.1 Å². The molecular weight excluding hydrogens is 272 g/mol. The van der Waals surface area contributed by atoms with E-state index in [1.807, 2.05) is 6.92 Å². The Hall–Kier alpha value is -2.68. The summed E-state index contributed by atoms with van der Waals surface area (Å²) in [5, 5.41) is 2.42. The Morgan fingerprint density at radius 1 is 1.33 bits per heavy atom. The van der Waals surface area contributed by atoms with Crippen LogP contribution in [0.15, 0.2) is 24.3 Å². The third kappa shape index (κ3) is 5.45. The van der Waals surface area contributed by atoms with Crippen LogP contribution in [-0.4, -0.2) is 31.1 Å². The molecule has 0 radical (unpaired) electrons. The molecular formula is C15H18N2O4. The van der Waals surface area contributed by atoms with Gasteiger partial charge in [-0.2, -0.15) is 0 Å². The van der Waals surface area contributed by atoms with Crippen molar-refractivity contribution < 1.29 is 19.1 Å². The first-order valence-electron chi connectivity index (χ1n) is 6.45. The zero-order valence-corrected chi connectivity index (χ0v) is 11.8. The van der Waals surface area contributed by atoms with Crippen LogP contribution in [0.25, 0.3) is 0 Å². The molecule has 1 atom stereocenters. The van der Waals surface area contributed by atoms with Crippen molar-refractivity contribution in [2.45, 2.75) is 19.4 Å². The van der Waals surface area contributed by atoms with Crippen molar-refractivity contribution in [3.8, 4) is 23.8 Å². The van der Waals surface area contributed by atoms with Gasteiger partial charge in [-0.05, 0) is 19.1 Å². The molecule has 0 aliphatic carbocycles. The molecule has 6 nitrogen and oxygen atoms in total. The Morgan fingerprint density at radius 2 is 1.95 bits per heavy atom. The van der Waals surface area contributed by atoms with Gasteiger partial charge in [-0.25, -0.2) is 0 Å². The van der Waals surface area contributed by atoms with Gasteiger partial charge < -0.3 is 20.5 Å². The number of nitrogens with one attached hydrogen (secondary N) is 1. The van der Waals surface area contributed by atoms with Gasteiger partial charge in [0.25, 0.3) is 5.91 Å². The van der Waals surface area contributed by atoms with E-state index in [9.17, 15) is 9.59 Å². The first-order chi connectivity index (χ1) is 10.1. The summed E-state index contributed by atoms with van der Waals surface area (Å²) in [6.45, 7) is 2.07. The molecule has 6 heteroatoms. The fourth-order valence-electron chi connectivity index (χ4n) is 1.56. The van der Waals surface area contributed by atoms with Crippen molar-refractivity contribution in [1.82, 2.24) is 5.32 Å². The highest BCUT2D eigenvalue weighted by Gasteiger charge is 2.17. The molecule has 0 unspecified atom stereocenters. The van der Waals surface area contributed by atoms with Gasteiger partial charge in [0.15, 0.2) is 18.1 Å². The second-order valence-corrected chi connectivity index (χ2v) is 4.10. The van der Waals surface area contributed by atoms with Crippen LogP contribution in [0.3, 0.4) is 0 Å². The fraction of sp³-hybridized carbons (Fsp3) is 0.333. The summed E-state index contributed by atoms with van der Waals surface area (Å²) in [5.74, 6) is 2.10. The van der Waals surface area contributed by atoms with E-state index in [2.05, 4.69) is 11.2 Å². The Bertz CT molecular complexity index is 537.